The molecular weight excluding hydrogens is 248 g/mol. The van der Waals surface area contributed by atoms with E-state index in [1.165, 1.54) is 0 Å². The molecule has 1 rings (SSSR count). The summed E-state index contributed by atoms with van der Waals surface area (Å²) >= 11 is 1.56. The first-order chi connectivity index (χ1) is 8.41. The normalized spacial score (nSPS) is 16.2. The zero-order valence-electron chi connectivity index (χ0n) is 11.7. The van der Waals surface area contributed by atoms with Crippen molar-refractivity contribution >= 4 is 23.6 Å². The van der Waals surface area contributed by atoms with Crippen molar-refractivity contribution < 1.29 is 9.59 Å². The first-order valence-corrected chi connectivity index (χ1v) is 7.69. The third-order valence-corrected chi connectivity index (χ3v) is 4.35. The predicted octanol–water partition coefficient (Wildman–Crippen LogP) is 1.56. The lowest BCUT2D eigenvalue weighted by Crippen LogP contribution is -2.41. The lowest BCUT2D eigenvalue weighted by atomic mass is 9.85. The van der Waals surface area contributed by atoms with Gasteiger partial charge in [0.2, 0.25) is 11.8 Å². The Balaban J connectivity index is 2.33. The molecule has 1 saturated heterocycles. The molecule has 1 aliphatic rings. The molecule has 0 unspecified atom stereocenters. The van der Waals surface area contributed by atoms with Gasteiger partial charge in [0, 0.05) is 6.54 Å². The van der Waals surface area contributed by atoms with E-state index in [-0.39, 0.29) is 18.4 Å². The maximum atomic E-state index is 11.8. The summed E-state index contributed by atoms with van der Waals surface area (Å²) in [7, 11) is 0. The van der Waals surface area contributed by atoms with Gasteiger partial charge in [0.15, 0.2) is 0 Å². The Hall–Kier alpha value is -0.710. The first-order valence-electron chi connectivity index (χ1n) is 6.54. The molecule has 18 heavy (non-hydrogen) atoms. The lowest BCUT2D eigenvalue weighted by molar-refractivity contribution is -0.132. The van der Waals surface area contributed by atoms with Crippen molar-refractivity contribution in [3.05, 3.63) is 0 Å². The van der Waals surface area contributed by atoms with Crippen LogP contribution in [0.3, 0.4) is 0 Å². The largest absolute Gasteiger partial charge is 0.354 e. The summed E-state index contributed by atoms with van der Waals surface area (Å²) in [5.41, 5.74) is 0. The number of nitrogens with zero attached hydrogens (tertiary/aromatic N) is 1. The average Bonchev–Trinajstić information content (AvgIpc) is 2.63. The van der Waals surface area contributed by atoms with Gasteiger partial charge in [-0.2, -0.15) is 0 Å². The number of hydrogen-bond donors (Lipinski definition) is 1. The molecule has 0 atom stereocenters. The molecule has 1 aliphatic heterocycles. The van der Waals surface area contributed by atoms with Gasteiger partial charge in [-0.3, -0.25) is 9.59 Å². The first kappa shape index (κ1) is 15.3. The average molecular weight is 272 g/mol. The molecule has 1 N–H and O–H groups in total. The van der Waals surface area contributed by atoms with E-state index in [2.05, 4.69) is 33.0 Å². The van der Waals surface area contributed by atoms with Gasteiger partial charge in [-0.1, -0.05) is 27.7 Å². The molecule has 5 heteroatoms. The van der Waals surface area contributed by atoms with Crippen LogP contribution < -0.4 is 5.32 Å². The Labute approximate surface area is 114 Å². The van der Waals surface area contributed by atoms with Gasteiger partial charge in [-0.15, -0.1) is 11.8 Å². The number of thioether (sulfide) groups is 1. The minimum absolute atomic E-state index is 0.0443. The molecule has 0 spiro atoms. The molecule has 0 aromatic heterocycles. The highest BCUT2D eigenvalue weighted by molar-refractivity contribution is 8.00. The second-order valence-corrected chi connectivity index (χ2v) is 6.48. The second-order valence-electron chi connectivity index (χ2n) is 5.53. The number of rotatable bonds is 6. The molecule has 0 radical (unpaired) electrons. The van der Waals surface area contributed by atoms with Crippen molar-refractivity contribution in [2.24, 2.45) is 17.8 Å². The SMILES string of the molecule is CC(C)C(CNC(=O)CN1CSCC1=O)C(C)C. The molecule has 0 saturated carbocycles. The van der Waals surface area contributed by atoms with Gasteiger partial charge in [0.05, 0.1) is 11.6 Å². The molecule has 4 nitrogen and oxygen atoms in total. The highest BCUT2D eigenvalue weighted by Crippen LogP contribution is 2.19. The van der Waals surface area contributed by atoms with E-state index in [0.29, 0.717) is 35.9 Å². The van der Waals surface area contributed by atoms with Gasteiger partial charge in [0.1, 0.15) is 6.54 Å². The van der Waals surface area contributed by atoms with Crippen LogP contribution in [0.15, 0.2) is 0 Å². The van der Waals surface area contributed by atoms with Crippen LogP contribution in [-0.2, 0) is 9.59 Å². The molecule has 2 amide bonds. The molecule has 104 valence electrons. The Kier molecular flexibility index (Phi) is 5.99. The number of nitrogens with one attached hydrogen (secondary N) is 1. The zero-order valence-corrected chi connectivity index (χ0v) is 12.5. The molecule has 1 heterocycles. The fraction of sp³-hybridized carbons (Fsp3) is 0.846. The molecular formula is C13H24N2O2S. The van der Waals surface area contributed by atoms with Crippen LogP contribution in [0.2, 0.25) is 0 Å². The molecule has 0 aromatic carbocycles. The van der Waals surface area contributed by atoms with Crippen molar-refractivity contribution in [3.8, 4) is 0 Å². The molecule has 1 fully saturated rings. The molecule has 0 bridgehead atoms. The number of carbonyl (C=O) groups excluding carboxylic acids is 2. The summed E-state index contributed by atoms with van der Waals surface area (Å²) in [5.74, 6) is 2.76. The van der Waals surface area contributed by atoms with Crippen LogP contribution in [0.5, 0.6) is 0 Å². The molecule has 0 aliphatic carbocycles. The third kappa shape index (κ3) is 4.52. The zero-order chi connectivity index (χ0) is 13.7. The summed E-state index contributed by atoms with van der Waals surface area (Å²) in [6.45, 7) is 9.61. The van der Waals surface area contributed by atoms with E-state index < -0.39 is 0 Å². The van der Waals surface area contributed by atoms with Crippen molar-refractivity contribution in [3.63, 3.8) is 0 Å². The van der Waals surface area contributed by atoms with Crippen molar-refractivity contribution in [1.29, 1.82) is 0 Å². The Morgan fingerprint density at radius 1 is 1.33 bits per heavy atom. The highest BCUT2D eigenvalue weighted by Gasteiger charge is 2.24. The van der Waals surface area contributed by atoms with Crippen LogP contribution in [0.25, 0.3) is 0 Å². The maximum Gasteiger partial charge on any atom is 0.239 e. The van der Waals surface area contributed by atoms with E-state index in [0.717, 1.165) is 0 Å². The topological polar surface area (TPSA) is 49.4 Å². The van der Waals surface area contributed by atoms with E-state index in [1.807, 2.05) is 0 Å². The van der Waals surface area contributed by atoms with Crippen LogP contribution in [-0.4, -0.2) is 41.4 Å². The van der Waals surface area contributed by atoms with Crippen LogP contribution in [0.4, 0.5) is 0 Å². The van der Waals surface area contributed by atoms with E-state index >= 15 is 0 Å². The number of hydrogen-bond acceptors (Lipinski definition) is 3. The number of carbonyl (C=O) groups is 2. The Morgan fingerprint density at radius 3 is 2.39 bits per heavy atom. The molecule has 0 aromatic rings. The minimum Gasteiger partial charge on any atom is -0.354 e. The van der Waals surface area contributed by atoms with Gasteiger partial charge in [-0.05, 0) is 17.8 Å². The lowest BCUT2D eigenvalue weighted by Gasteiger charge is -2.25. The fourth-order valence-corrected chi connectivity index (χ4v) is 3.15. The fourth-order valence-electron chi connectivity index (χ4n) is 2.24. The predicted molar refractivity (Wildman–Crippen MR) is 75.2 cm³/mol. The third-order valence-electron chi connectivity index (χ3n) is 3.41. The van der Waals surface area contributed by atoms with Gasteiger partial charge < -0.3 is 10.2 Å². The van der Waals surface area contributed by atoms with Gasteiger partial charge in [-0.25, -0.2) is 0 Å². The smallest absolute Gasteiger partial charge is 0.239 e. The van der Waals surface area contributed by atoms with Crippen molar-refractivity contribution in [1.82, 2.24) is 10.2 Å². The summed E-state index contributed by atoms with van der Waals surface area (Å²) in [5, 5.41) is 2.95. The van der Waals surface area contributed by atoms with Gasteiger partial charge in [0.25, 0.3) is 0 Å². The van der Waals surface area contributed by atoms with E-state index in [1.54, 1.807) is 16.7 Å². The standard InChI is InChI=1S/C13H24N2O2S/c1-9(2)11(10(3)4)5-14-12(16)6-15-8-18-7-13(15)17/h9-11H,5-8H2,1-4H3,(H,14,16). The van der Waals surface area contributed by atoms with Crippen LogP contribution >= 0.6 is 11.8 Å². The van der Waals surface area contributed by atoms with Gasteiger partial charge >= 0.3 is 0 Å². The van der Waals surface area contributed by atoms with Crippen LogP contribution in [0.1, 0.15) is 27.7 Å². The summed E-state index contributed by atoms with van der Waals surface area (Å²) in [4.78, 5) is 24.8. The van der Waals surface area contributed by atoms with E-state index in [4.69, 9.17) is 0 Å². The highest BCUT2D eigenvalue weighted by atomic mass is 32.2. The maximum absolute atomic E-state index is 11.8. The monoisotopic (exact) mass is 272 g/mol. The second kappa shape index (κ2) is 7.02. The quantitative estimate of drug-likeness (QED) is 0.798. The minimum atomic E-state index is -0.0443. The Bertz CT molecular complexity index is 297. The van der Waals surface area contributed by atoms with E-state index in [9.17, 15) is 9.59 Å². The van der Waals surface area contributed by atoms with Crippen molar-refractivity contribution in [2.45, 2.75) is 27.7 Å². The van der Waals surface area contributed by atoms with Crippen molar-refractivity contribution in [2.75, 3.05) is 24.7 Å². The summed E-state index contributed by atoms with van der Waals surface area (Å²) in [6.07, 6.45) is 0. The van der Waals surface area contributed by atoms with Crippen LogP contribution in [0, 0.1) is 17.8 Å². The summed E-state index contributed by atoms with van der Waals surface area (Å²) < 4.78 is 0. The summed E-state index contributed by atoms with van der Waals surface area (Å²) in [6, 6.07) is 0. The number of amides is 2. The Morgan fingerprint density at radius 2 is 1.94 bits per heavy atom.